The Hall–Kier alpha value is -0.420. The highest BCUT2D eigenvalue weighted by Gasteiger charge is 2.32. The summed E-state index contributed by atoms with van der Waals surface area (Å²) in [7, 11) is 0. The van der Waals surface area contributed by atoms with Gasteiger partial charge >= 0.3 is 6.03 Å². The van der Waals surface area contributed by atoms with Gasteiger partial charge in [-0.15, -0.1) is 0 Å². The molecule has 0 bridgehead atoms. The Kier molecular flexibility index (Phi) is 4.78. The third-order valence-corrected chi connectivity index (χ3v) is 5.28. The van der Waals surface area contributed by atoms with Gasteiger partial charge in [0.25, 0.3) is 0 Å². The molecule has 0 aromatic carbocycles. The Morgan fingerprint density at radius 1 is 1.61 bits per heavy atom. The van der Waals surface area contributed by atoms with Crippen LogP contribution < -0.4 is 5.32 Å². The molecule has 2 aliphatic rings. The van der Waals surface area contributed by atoms with Gasteiger partial charge in [0.1, 0.15) is 0 Å². The number of nitrogens with one attached hydrogen (secondary N) is 1. The van der Waals surface area contributed by atoms with Crippen molar-refractivity contribution < 1.29 is 9.53 Å². The standard InChI is InChI=1S/C13H24N2O2S/c1-3-13(2)10-15(6-7-17-13)12(16)14-9-11-5-4-8-18-11/h11H,3-10H2,1-2H3,(H,14,16). The van der Waals surface area contributed by atoms with Gasteiger partial charge in [-0.1, -0.05) is 6.92 Å². The largest absolute Gasteiger partial charge is 0.372 e. The number of carbonyl (C=O) groups excluding carboxylic acids is 1. The van der Waals surface area contributed by atoms with Crippen LogP contribution >= 0.6 is 11.8 Å². The molecule has 5 heteroatoms. The second-order valence-corrected chi connectivity index (χ2v) is 6.80. The van der Waals surface area contributed by atoms with E-state index in [9.17, 15) is 4.79 Å². The van der Waals surface area contributed by atoms with Crippen molar-refractivity contribution in [3.63, 3.8) is 0 Å². The highest BCUT2D eigenvalue weighted by Crippen LogP contribution is 2.25. The quantitative estimate of drug-likeness (QED) is 0.855. The maximum absolute atomic E-state index is 12.1. The van der Waals surface area contributed by atoms with Gasteiger partial charge in [0.15, 0.2) is 0 Å². The molecular weight excluding hydrogens is 248 g/mol. The molecule has 2 amide bonds. The second-order valence-electron chi connectivity index (χ2n) is 5.39. The topological polar surface area (TPSA) is 41.6 Å². The average Bonchev–Trinajstić information content (AvgIpc) is 2.89. The third kappa shape index (κ3) is 3.54. The Balaban J connectivity index is 1.77. The van der Waals surface area contributed by atoms with E-state index in [2.05, 4.69) is 19.2 Å². The van der Waals surface area contributed by atoms with E-state index in [1.807, 2.05) is 16.7 Å². The zero-order valence-corrected chi connectivity index (χ0v) is 12.2. The summed E-state index contributed by atoms with van der Waals surface area (Å²) < 4.78 is 5.75. The molecule has 0 saturated carbocycles. The predicted molar refractivity (Wildman–Crippen MR) is 75.1 cm³/mol. The Labute approximate surface area is 114 Å². The number of rotatable bonds is 3. The number of thioether (sulfide) groups is 1. The van der Waals surface area contributed by atoms with Gasteiger partial charge in [-0.25, -0.2) is 4.79 Å². The molecule has 0 aromatic rings. The number of carbonyl (C=O) groups is 1. The van der Waals surface area contributed by atoms with Gasteiger partial charge < -0.3 is 15.0 Å². The van der Waals surface area contributed by atoms with E-state index in [-0.39, 0.29) is 11.6 Å². The van der Waals surface area contributed by atoms with Crippen molar-refractivity contribution in [2.24, 2.45) is 0 Å². The van der Waals surface area contributed by atoms with Gasteiger partial charge in [0, 0.05) is 18.3 Å². The molecular formula is C13H24N2O2S. The van der Waals surface area contributed by atoms with Crippen LogP contribution in [0.5, 0.6) is 0 Å². The van der Waals surface area contributed by atoms with Gasteiger partial charge in [0.05, 0.1) is 18.8 Å². The van der Waals surface area contributed by atoms with E-state index in [1.165, 1.54) is 18.6 Å². The van der Waals surface area contributed by atoms with Gasteiger partial charge in [-0.2, -0.15) is 11.8 Å². The fraction of sp³-hybridized carbons (Fsp3) is 0.923. The maximum atomic E-state index is 12.1. The first kappa shape index (κ1) is 14.0. The molecule has 1 N–H and O–H groups in total. The molecule has 2 saturated heterocycles. The fourth-order valence-corrected chi connectivity index (χ4v) is 3.64. The number of hydrogen-bond donors (Lipinski definition) is 1. The SMILES string of the molecule is CCC1(C)CN(C(=O)NCC2CCCS2)CCO1. The van der Waals surface area contributed by atoms with E-state index >= 15 is 0 Å². The van der Waals surface area contributed by atoms with Gasteiger partial charge in [-0.05, 0) is 31.9 Å². The summed E-state index contributed by atoms with van der Waals surface area (Å²) in [6.45, 7) is 7.06. The predicted octanol–water partition coefficient (Wildman–Crippen LogP) is 2.09. The van der Waals surface area contributed by atoms with Gasteiger partial charge in [-0.3, -0.25) is 0 Å². The van der Waals surface area contributed by atoms with Crippen LogP contribution in [0.1, 0.15) is 33.1 Å². The maximum Gasteiger partial charge on any atom is 0.317 e. The lowest BCUT2D eigenvalue weighted by Gasteiger charge is -2.40. The number of ether oxygens (including phenoxy) is 1. The minimum absolute atomic E-state index is 0.0745. The molecule has 2 heterocycles. The lowest BCUT2D eigenvalue weighted by atomic mass is 10.0. The van der Waals surface area contributed by atoms with Gasteiger partial charge in [0.2, 0.25) is 0 Å². The van der Waals surface area contributed by atoms with Crippen LogP contribution in [-0.2, 0) is 4.74 Å². The summed E-state index contributed by atoms with van der Waals surface area (Å²) in [5.74, 6) is 1.24. The Morgan fingerprint density at radius 3 is 3.11 bits per heavy atom. The molecule has 2 fully saturated rings. The Bertz CT molecular complexity index is 295. The molecule has 2 aliphatic heterocycles. The molecule has 0 radical (unpaired) electrons. The Morgan fingerprint density at radius 2 is 2.44 bits per heavy atom. The first-order valence-corrected chi connectivity index (χ1v) is 7.96. The average molecular weight is 272 g/mol. The molecule has 0 aromatic heterocycles. The van der Waals surface area contributed by atoms with Crippen molar-refractivity contribution >= 4 is 17.8 Å². The van der Waals surface area contributed by atoms with Crippen molar-refractivity contribution in [1.82, 2.24) is 10.2 Å². The van der Waals surface area contributed by atoms with Crippen molar-refractivity contribution in [3.8, 4) is 0 Å². The van der Waals surface area contributed by atoms with E-state index < -0.39 is 0 Å². The van der Waals surface area contributed by atoms with Crippen molar-refractivity contribution in [3.05, 3.63) is 0 Å². The molecule has 0 aliphatic carbocycles. The van der Waals surface area contributed by atoms with Crippen LogP contribution in [0.4, 0.5) is 4.79 Å². The highest BCUT2D eigenvalue weighted by molar-refractivity contribution is 8.00. The van der Waals surface area contributed by atoms with E-state index in [1.54, 1.807) is 0 Å². The second kappa shape index (κ2) is 6.15. The first-order chi connectivity index (χ1) is 8.63. The number of amides is 2. The number of nitrogens with zero attached hydrogens (tertiary/aromatic N) is 1. The summed E-state index contributed by atoms with van der Waals surface area (Å²) in [5, 5.41) is 3.68. The van der Waals surface area contributed by atoms with E-state index in [0.717, 1.165) is 13.0 Å². The lowest BCUT2D eigenvalue weighted by Crippen LogP contribution is -2.55. The summed E-state index contributed by atoms with van der Waals surface area (Å²) in [4.78, 5) is 14.0. The minimum atomic E-state index is -0.169. The van der Waals surface area contributed by atoms with Crippen molar-refractivity contribution in [2.75, 3.05) is 32.0 Å². The normalized spacial score (nSPS) is 32.6. The monoisotopic (exact) mass is 272 g/mol. The molecule has 104 valence electrons. The summed E-state index contributed by atoms with van der Waals surface area (Å²) in [6.07, 6.45) is 3.46. The summed E-state index contributed by atoms with van der Waals surface area (Å²) >= 11 is 1.98. The smallest absolute Gasteiger partial charge is 0.317 e. The van der Waals surface area contributed by atoms with E-state index in [4.69, 9.17) is 4.74 Å². The molecule has 2 atom stereocenters. The van der Waals surface area contributed by atoms with Crippen molar-refractivity contribution in [1.29, 1.82) is 0 Å². The zero-order chi connectivity index (χ0) is 13.0. The molecule has 4 nitrogen and oxygen atoms in total. The fourth-order valence-electron chi connectivity index (χ4n) is 2.44. The number of hydrogen-bond acceptors (Lipinski definition) is 3. The summed E-state index contributed by atoms with van der Waals surface area (Å²) in [6, 6.07) is 0.0745. The minimum Gasteiger partial charge on any atom is -0.372 e. The summed E-state index contributed by atoms with van der Waals surface area (Å²) in [5.41, 5.74) is -0.169. The lowest BCUT2D eigenvalue weighted by molar-refractivity contribution is -0.0872. The number of urea groups is 1. The zero-order valence-electron chi connectivity index (χ0n) is 11.4. The van der Waals surface area contributed by atoms with Crippen LogP contribution in [0, 0.1) is 0 Å². The molecule has 18 heavy (non-hydrogen) atoms. The van der Waals surface area contributed by atoms with Crippen LogP contribution in [0.2, 0.25) is 0 Å². The van der Waals surface area contributed by atoms with Crippen LogP contribution in [-0.4, -0.2) is 53.8 Å². The molecule has 0 spiro atoms. The first-order valence-electron chi connectivity index (χ1n) is 6.91. The highest BCUT2D eigenvalue weighted by atomic mass is 32.2. The van der Waals surface area contributed by atoms with Crippen LogP contribution in [0.3, 0.4) is 0 Å². The third-order valence-electron chi connectivity index (χ3n) is 3.88. The van der Waals surface area contributed by atoms with Crippen LogP contribution in [0.25, 0.3) is 0 Å². The molecule has 2 unspecified atom stereocenters. The van der Waals surface area contributed by atoms with Crippen molar-refractivity contribution in [2.45, 2.75) is 44.0 Å². The van der Waals surface area contributed by atoms with E-state index in [0.29, 0.717) is 24.9 Å². The number of morpholine rings is 1. The molecule has 2 rings (SSSR count). The van der Waals surface area contributed by atoms with Crippen LogP contribution in [0.15, 0.2) is 0 Å².